The van der Waals surface area contributed by atoms with E-state index in [4.69, 9.17) is 10.5 Å². The van der Waals surface area contributed by atoms with Gasteiger partial charge in [0.1, 0.15) is 11.4 Å². The van der Waals surface area contributed by atoms with Crippen LogP contribution in [0.5, 0.6) is 5.75 Å². The van der Waals surface area contributed by atoms with Crippen molar-refractivity contribution in [3.05, 3.63) is 28.8 Å². The number of hydrogen-bond donors (Lipinski definition) is 1. The molecule has 0 radical (unpaired) electrons. The van der Waals surface area contributed by atoms with Gasteiger partial charge in [-0.25, -0.2) is 0 Å². The lowest BCUT2D eigenvalue weighted by Gasteiger charge is -2.34. The monoisotopic (exact) mass is 233 g/mol. The molecule has 1 aliphatic heterocycles. The molecule has 1 aromatic rings. The first-order valence-corrected chi connectivity index (χ1v) is 6.46. The third-order valence-electron chi connectivity index (χ3n) is 3.85. The highest BCUT2D eigenvalue weighted by Gasteiger charge is 2.28. The highest BCUT2D eigenvalue weighted by Crippen LogP contribution is 2.37. The minimum Gasteiger partial charge on any atom is -0.488 e. The summed E-state index contributed by atoms with van der Waals surface area (Å²) in [5.41, 5.74) is 9.85. The molecule has 1 aromatic carbocycles. The van der Waals surface area contributed by atoms with Crippen LogP contribution in [-0.2, 0) is 6.42 Å². The number of rotatable bonds is 2. The maximum Gasteiger partial charge on any atom is 0.123 e. The van der Waals surface area contributed by atoms with Crippen LogP contribution in [0.15, 0.2) is 12.1 Å². The Hall–Kier alpha value is -1.02. The van der Waals surface area contributed by atoms with Gasteiger partial charge in [0, 0.05) is 0 Å². The summed E-state index contributed by atoms with van der Waals surface area (Å²) in [6.07, 6.45) is 2.20. The zero-order valence-electron chi connectivity index (χ0n) is 11.3. The van der Waals surface area contributed by atoms with Gasteiger partial charge in [-0.2, -0.15) is 0 Å². The van der Waals surface area contributed by atoms with E-state index in [9.17, 15) is 0 Å². The summed E-state index contributed by atoms with van der Waals surface area (Å²) in [5, 5.41) is 0. The van der Waals surface area contributed by atoms with Crippen molar-refractivity contribution in [1.82, 2.24) is 0 Å². The zero-order chi connectivity index (χ0) is 12.6. The number of fused-ring (bicyclic) bond motifs is 1. The molecule has 2 heteroatoms. The quantitative estimate of drug-likeness (QED) is 0.851. The fourth-order valence-electron chi connectivity index (χ4n) is 2.59. The van der Waals surface area contributed by atoms with Gasteiger partial charge in [0.05, 0.1) is 0 Å². The lowest BCUT2D eigenvalue weighted by Crippen LogP contribution is -2.33. The van der Waals surface area contributed by atoms with Crippen molar-refractivity contribution in [3.8, 4) is 5.75 Å². The van der Waals surface area contributed by atoms with E-state index in [1.54, 1.807) is 0 Å². The van der Waals surface area contributed by atoms with Crippen LogP contribution < -0.4 is 10.5 Å². The summed E-state index contributed by atoms with van der Waals surface area (Å²) in [6.45, 7) is 9.39. The molecule has 0 bridgehead atoms. The van der Waals surface area contributed by atoms with Crippen LogP contribution in [0.25, 0.3) is 0 Å². The van der Waals surface area contributed by atoms with Crippen LogP contribution in [0.1, 0.15) is 49.8 Å². The minimum absolute atomic E-state index is 0.0273. The van der Waals surface area contributed by atoms with Gasteiger partial charge in [0.25, 0.3) is 0 Å². The number of ether oxygens (including phenoxy) is 1. The molecule has 0 saturated heterocycles. The predicted octanol–water partition coefficient (Wildman–Crippen LogP) is 3.16. The molecule has 94 valence electrons. The topological polar surface area (TPSA) is 35.2 Å². The minimum atomic E-state index is -0.0273. The first-order chi connectivity index (χ1) is 7.94. The second kappa shape index (κ2) is 4.34. The molecule has 2 nitrogen and oxygen atoms in total. The molecular weight excluding hydrogens is 210 g/mol. The zero-order valence-corrected chi connectivity index (χ0v) is 11.3. The highest BCUT2D eigenvalue weighted by atomic mass is 16.5. The summed E-state index contributed by atoms with van der Waals surface area (Å²) in [5.74, 6) is 1.49. The van der Waals surface area contributed by atoms with Crippen molar-refractivity contribution in [2.75, 3.05) is 6.54 Å². The maximum absolute atomic E-state index is 6.04. The predicted molar refractivity (Wildman–Crippen MR) is 71.7 cm³/mol. The van der Waals surface area contributed by atoms with Gasteiger partial charge in [-0.1, -0.05) is 13.0 Å². The normalized spacial score (nSPS) is 19.4. The van der Waals surface area contributed by atoms with Crippen molar-refractivity contribution in [2.24, 2.45) is 5.73 Å². The molecule has 0 saturated carbocycles. The summed E-state index contributed by atoms with van der Waals surface area (Å²) in [6, 6.07) is 4.29. The highest BCUT2D eigenvalue weighted by molar-refractivity contribution is 5.47. The Morgan fingerprint density at radius 2 is 2.12 bits per heavy atom. The van der Waals surface area contributed by atoms with Crippen molar-refractivity contribution in [2.45, 2.75) is 52.1 Å². The molecule has 0 aliphatic carbocycles. The van der Waals surface area contributed by atoms with Gasteiger partial charge in [-0.15, -0.1) is 0 Å². The van der Waals surface area contributed by atoms with Crippen LogP contribution in [0.2, 0.25) is 0 Å². The van der Waals surface area contributed by atoms with E-state index in [1.807, 2.05) is 0 Å². The lowest BCUT2D eigenvalue weighted by molar-refractivity contribution is 0.0844. The molecule has 0 aromatic heterocycles. The smallest absolute Gasteiger partial charge is 0.123 e. The third-order valence-corrected chi connectivity index (χ3v) is 3.85. The van der Waals surface area contributed by atoms with Crippen LogP contribution in [0, 0.1) is 6.92 Å². The summed E-state index contributed by atoms with van der Waals surface area (Å²) in [4.78, 5) is 0. The van der Waals surface area contributed by atoms with Crippen molar-refractivity contribution >= 4 is 0 Å². The second-order valence-corrected chi connectivity index (χ2v) is 5.75. The molecule has 0 fully saturated rings. The molecule has 1 unspecified atom stereocenters. The Morgan fingerprint density at radius 3 is 2.76 bits per heavy atom. The van der Waals surface area contributed by atoms with E-state index in [1.165, 1.54) is 16.7 Å². The number of benzene rings is 1. The number of nitrogens with two attached hydrogens (primary N) is 1. The van der Waals surface area contributed by atoms with Gasteiger partial charge in [-0.05, 0) is 68.8 Å². The SMILES string of the molecule is Cc1c(C(C)CN)ccc2c1CCC(C)(C)O2. The molecule has 0 spiro atoms. The molecule has 2 rings (SSSR count). The average molecular weight is 233 g/mol. The van der Waals surface area contributed by atoms with Gasteiger partial charge in [0.2, 0.25) is 0 Å². The fourth-order valence-corrected chi connectivity index (χ4v) is 2.59. The average Bonchev–Trinajstić information content (AvgIpc) is 2.27. The van der Waals surface area contributed by atoms with E-state index in [2.05, 4.69) is 39.8 Å². The van der Waals surface area contributed by atoms with Crippen molar-refractivity contribution < 1.29 is 4.74 Å². The van der Waals surface area contributed by atoms with Crippen molar-refractivity contribution in [3.63, 3.8) is 0 Å². The maximum atomic E-state index is 6.04. The third kappa shape index (κ3) is 2.32. The van der Waals surface area contributed by atoms with Crippen LogP contribution in [0.4, 0.5) is 0 Å². The Balaban J connectivity index is 2.41. The summed E-state index contributed by atoms with van der Waals surface area (Å²) >= 11 is 0. The fraction of sp³-hybridized carbons (Fsp3) is 0.600. The Kier molecular flexibility index (Phi) is 3.17. The van der Waals surface area contributed by atoms with Gasteiger partial charge >= 0.3 is 0 Å². The first-order valence-electron chi connectivity index (χ1n) is 6.46. The molecule has 1 atom stereocenters. The summed E-state index contributed by atoms with van der Waals surface area (Å²) < 4.78 is 6.04. The van der Waals surface area contributed by atoms with Gasteiger partial charge in [0.15, 0.2) is 0 Å². The van der Waals surface area contributed by atoms with E-state index in [0.717, 1.165) is 18.6 Å². The largest absolute Gasteiger partial charge is 0.488 e. The molecule has 1 aliphatic rings. The molecule has 2 N–H and O–H groups in total. The number of hydrogen-bond acceptors (Lipinski definition) is 2. The molecule has 1 heterocycles. The summed E-state index contributed by atoms with van der Waals surface area (Å²) in [7, 11) is 0. The van der Waals surface area contributed by atoms with Crippen LogP contribution in [-0.4, -0.2) is 12.1 Å². The van der Waals surface area contributed by atoms with E-state index in [-0.39, 0.29) is 5.60 Å². The molecule has 0 amide bonds. The van der Waals surface area contributed by atoms with Gasteiger partial charge in [-0.3, -0.25) is 0 Å². The van der Waals surface area contributed by atoms with Crippen LogP contribution in [0.3, 0.4) is 0 Å². The Labute approximate surface area is 104 Å². The van der Waals surface area contributed by atoms with Gasteiger partial charge < -0.3 is 10.5 Å². The van der Waals surface area contributed by atoms with E-state index in [0.29, 0.717) is 12.5 Å². The van der Waals surface area contributed by atoms with E-state index >= 15 is 0 Å². The van der Waals surface area contributed by atoms with Crippen LogP contribution >= 0.6 is 0 Å². The standard InChI is InChI=1S/C15H23NO/c1-10(9-16)12-5-6-14-13(11(12)2)7-8-15(3,4)17-14/h5-6,10H,7-9,16H2,1-4H3. The lowest BCUT2D eigenvalue weighted by atomic mass is 9.87. The van der Waals surface area contributed by atoms with Crippen molar-refractivity contribution in [1.29, 1.82) is 0 Å². The molecular formula is C15H23NO. The Morgan fingerprint density at radius 1 is 1.41 bits per heavy atom. The first kappa shape index (κ1) is 12.4. The second-order valence-electron chi connectivity index (χ2n) is 5.75. The van der Waals surface area contributed by atoms with E-state index < -0.39 is 0 Å². The molecule has 17 heavy (non-hydrogen) atoms. The Bertz CT molecular complexity index is 423.